The predicted molar refractivity (Wildman–Crippen MR) is 102 cm³/mol. The molecular formula is C21H20N2O5. The molecule has 7 nitrogen and oxygen atoms in total. The molecular weight excluding hydrogens is 360 g/mol. The van der Waals surface area contributed by atoms with Crippen LogP contribution in [0.5, 0.6) is 0 Å². The largest absolute Gasteiger partial charge is 0.451 e. The fraction of sp³-hybridized carbons (Fsp3) is 0.286. The Hall–Kier alpha value is -3.35. The summed E-state index contributed by atoms with van der Waals surface area (Å²) in [5.74, 6) is -1.54. The van der Waals surface area contributed by atoms with Gasteiger partial charge in [-0.05, 0) is 36.6 Å². The third-order valence-electron chi connectivity index (χ3n) is 4.96. The lowest BCUT2D eigenvalue weighted by molar-refractivity contribution is -0.160. The molecule has 0 saturated carbocycles. The quantitative estimate of drug-likeness (QED) is 0.648. The number of para-hydroxylation sites is 2. The van der Waals surface area contributed by atoms with E-state index in [0.717, 1.165) is 12.0 Å². The first-order valence-corrected chi connectivity index (χ1v) is 9.16. The second kappa shape index (κ2) is 7.34. The van der Waals surface area contributed by atoms with E-state index in [-0.39, 0.29) is 12.5 Å². The number of amides is 1. The molecule has 1 aromatic heterocycles. The monoisotopic (exact) mass is 380 g/mol. The Morgan fingerprint density at radius 3 is 2.64 bits per heavy atom. The van der Waals surface area contributed by atoms with E-state index in [1.165, 1.54) is 10.1 Å². The van der Waals surface area contributed by atoms with E-state index in [9.17, 15) is 14.4 Å². The number of nitrogens with zero attached hydrogens (tertiary/aromatic N) is 2. The topological polar surface area (TPSA) is 81.7 Å². The average Bonchev–Trinajstić information content (AvgIpc) is 3.02. The highest BCUT2D eigenvalue weighted by Gasteiger charge is 2.27. The van der Waals surface area contributed by atoms with Crippen LogP contribution in [0.1, 0.15) is 18.1 Å². The van der Waals surface area contributed by atoms with Gasteiger partial charge in [-0.15, -0.1) is 0 Å². The number of oxazole rings is 1. The van der Waals surface area contributed by atoms with Crippen LogP contribution in [0, 0.1) is 0 Å². The molecule has 0 aliphatic carbocycles. The van der Waals surface area contributed by atoms with Crippen LogP contribution in [-0.2, 0) is 33.8 Å². The first kappa shape index (κ1) is 18.0. The van der Waals surface area contributed by atoms with Gasteiger partial charge in [0.05, 0.1) is 5.52 Å². The van der Waals surface area contributed by atoms with Crippen LogP contribution in [0.25, 0.3) is 11.1 Å². The van der Waals surface area contributed by atoms with Gasteiger partial charge in [-0.3, -0.25) is 14.2 Å². The van der Waals surface area contributed by atoms with Crippen molar-refractivity contribution < 1.29 is 18.7 Å². The van der Waals surface area contributed by atoms with Gasteiger partial charge in [0.2, 0.25) is 0 Å². The number of aromatic nitrogens is 1. The molecule has 1 aliphatic heterocycles. The number of fused-ring (bicyclic) bond motifs is 2. The SMILES string of the molecule is C[C@@H](OC(=O)Cn1c(=O)oc2ccccc21)C(=O)N1CCc2ccccc2C1. The van der Waals surface area contributed by atoms with Crippen LogP contribution in [-0.4, -0.2) is 34.0 Å². The normalized spacial score (nSPS) is 14.5. The Morgan fingerprint density at radius 1 is 1.11 bits per heavy atom. The van der Waals surface area contributed by atoms with Gasteiger partial charge in [0.25, 0.3) is 5.91 Å². The number of esters is 1. The molecule has 0 bridgehead atoms. The van der Waals surface area contributed by atoms with Crippen molar-refractivity contribution in [3.63, 3.8) is 0 Å². The number of benzene rings is 2. The van der Waals surface area contributed by atoms with Gasteiger partial charge in [-0.1, -0.05) is 36.4 Å². The summed E-state index contributed by atoms with van der Waals surface area (Å²) in [7, 11) is 0. The maximum absolute atomic E-state index is 12.7. The van der Waals surface area contributed by atoms with Crippen LogP contribution in [0.3, 0.4) is 0 Å². The highest BCUT2D eigenvalue weighted by Crippen LogP contribution is 2.19. The molecule has 1 aliphatic rings. The fourth-order valence-corrected chi connectivity index (χ4v) is 3.52. The van der Waals surface area contributed by atoms with Crippen LogP contribution < -0.4 is 5.76 Å². The smallest absolute Gasteiger partial charge is 0.420 e. The molecule has 0 spiro atoms. The molecule has 0 fully saturated rings. The Bertz CT molecular complexity index is 1100. The lowest BCUT2D eigenvalue weighted by atomic mass is 9.99. The zero-order valence-electron chi connectivity index (χ0n) is 15.5. The Morgan fingerprint density at radius 2 is 1.82 bits per heavy atom. The molecule has 0 radical (unpaired) electrons. The summed E-state index contributed by atoms with van der Waals surface area (Å²) in [5, 5.41) is 0. The van der Waals surface area contributed by atoms with E-state index in [4.69, 9.17) is 9.15 Å². The second-order valence-corrected chi connectivity index (χ2v) is 6.83. The van der Waals surface area contributed by atoms with Gasteiger partial charge < -0.3 is 14.1 Å². The number of carbonyl (C=O) groups is 2. The maximum atomic E-state index is 12.7. The molecule has 0 saturated heterocycles. The maximum Gasteiger partial charge on any atom is 0.420 e. The van der Waals surface area contributed by atoms with Gasteiger partial charge in [-0.2, -0.15) is 0 Å². The van der Waals surface area contributed by atoms with Crippen molar-refractivity contribution >= 4 is 23.0 Å². The fourth-order valence-electron chi connectivity index (χ4n) is 3.52. The Balaban J connectivity index is 1.41. The first-order valence-electron chi connectivity index (χ1n) is 9.16. The zero-order valence-corrected chi connectivity index (χ0v) is 15.5. The van der Waals surface area contributed by atoms with Crippen molar-refractivity contribution in [3.05, 3.63) is 70.2 Å². The van der Waals surface area contributed by atoms with E-state index in [1.54, 1.807) is 36.1 Å². The molecule has 7 heteroatoms. The number of ether oxygens (including phenoxy) is 1. The number of carbonyl (C=O) groups excluding carboxylic acids is 2. The predicted octanol–water partition coefficient (Wildman–Crippen LogP) is 2.11. The third kappa shape index (κ3) is 3.43. The van der Waals surface area contributed by atoms with E-state index in [1.807, 2.05) is 18.2 Å². The summed E-state index contributed by atoms with van der Waals surface area (Å²) < 4.78 is 11.6. The molecule has 4 rings (SSSR count). The molecule has 1 amide bonds. The average molecular weight is 380 g/mol. The van der Waals surface area contributed by atoms with Gasteiger partial charge >= 0.3 is 11.7 Å². The minimum atomic E-state index is -0.924. The third-order valence-corrected chi connectivity index (χ3v) is 4.96. The number of rotatable bonds is 4. The molecule has 2 heterocycles. The Labute approximate surface area is 161 Å². The number of hydrogen-bond donors (Lipinski definition) is 0. The standard InChI is InChI=1S/C21H20N2O5/c1-14(20(25)22-11-10-15-6-2-3-7-16(15)12-22)27-19(24)13-23-17-8-4-5-9-18(17)28-21(23)26/h2-9,14H,10-13H2,1H3/t14-/m1/s1. The van der Waals surface area contributed by atoms with Gasteiger partial charge in [-0.25, -0.2) is 4.79 Å². The van der Waals surface area contributed by atoms with Crippen LogP contribution in [0.2, 0.25) is 0 Å². The highest BCUT2D eigenvalue weighted by atomic mass is 16.5. The molecule has 0 unspecified atom stereocenters. The first-order chi connectivity index (χ1) is 13.5. The molecule has 28 heavy (non-hydrogen) atoms. The number of hydrogen-bond acceptors (Lipinski definition) is 5. The van der Waals surface area contributed by atoms with E-state index < -0.39 is 17.8 Å². The minimum absolute atomic E-state index is 0.243. The van der Waals surface area contributed by atoms with E-state index in [0.29, 0.717) is 24.2 Å². The van der Waals surface area contributed by atoms with Gasteiger partial charge in [0.1, 0.15) is 6.54 Å². The van der Waals surface area contributed by atoms with Crippen molar-refractivity contribution in [1.29, 1.82) is 0 Å². The highest BCUT2D eigenvalue weighted by molar-refractivity contribution is 5.84. The van der Waals surface area contributed by atoms with E-state index in [2.05, 4.69) is 6.07 Å². The van der Waals surface area contributed by atoms with Crippen LogP contribution in [0.15, 0.2) is 57.7 Å². The molecule has 2 aromatic carbocycles. The van der Waals surface area contributed by atoms with Crippen molar-refractivity contribution in [3.8, 4) is 0 Å². The van der Waals surface area contributed by atoms with Crippen molar-refractivity contribution in [2.75, 3.05) is 6.54 Å². The van der Waals surface area contributed by atoms with Crippen LogP contribution in [0.4, 0.5) is 0 Å². The van der Waals surface area contributed by atoms with Crippen molar-refractivity contribution in [2.24, 2.45) is 0 Å². The summed E-state index contributed by atoms with van der Waals surface area (Å²) in [6.45, 7) is 2.33. The van der Waals surface area contributed by atoms with Crippen LogP contribution >= 0.6 is 0 Å². The summed E-state index contributed by atoms with van der Waals surface area (Å²) in [5.41, 5.74) is 3.26. The minimum Gasteiger partial charge on any atom is -0.451 e. The second-order valence-electron chi connectivity index (χ2n) is 6.83. The summed E-state index contributed by atoms with van der Waals surface area (Å²) >= 11 is 0. The molecule has 144 valence electrons. The van der Waals surface area contributed by atoms with Gasteiger partial charge in [0.15, 0.2) is 11.7 Å². The zero-order chi connectivity index (χ0) is 19.7. The Kier molecular flexibility index (Phi) is 4.73. The summed E-state index contributed by atoms with van der Waals surface area (Å²) in [6.07, 6.45) is -0.148. The lowest BCUT2D eigenvalue weighted by Gasteiger charge is -2.30. The molecule has 0 N–H and O–H groups in total. The lowest BCUT2D eigenvalue weighted by Crippen LogP contribution is -2.43. The van der Waals surface area contributed by atoms with Crippen molar-refractivity contribution in [1.82, 2.24) is 9.47 Å². The van der Waals surface area contributed by atoms with Gasteiger partial charge in [0, 0.05) is 13.1 Å². The van der Waals surface area contributed by atoms with Crippen molar-refractivity contribution in [2.45, 2.75) is 32.5 Å². The van der Waals surface area contributed by atoms with E-state index >= 15 is 0 Å². The summed E-state index contributed by atoms with van der Waals surface area (Å²) in [6, 6.07) is 14.8. The molecule has 3 aromatic rings. The molecule has 1 atom stereocenters. The summed E-state index contributed by atoms with van der Waals surface area (Å²) in [4.78, 5) is 38.7.